The fraction of sp³-hybridized carbons (Fsp3) is 0.750. The number of rotatable bonds is 2. The molecule has 5 nitrogen and oxygen atoms in total. The van der Waals surface area contributed by atoms with Crippen LogP contribution in [-0.2, 0) is 6.54 Å². The van der Waals surface area contributed by atoms with Gasteiger partial charge in [0.25, 0.3) is 0 Å². The number of nitrogens with one attached hydrogen (secondary N) is 1. The van der Waals surface area contributed by atoms with E-state index in [1.54, 1.807) is 0 Å². The van der Waals surface area contributed by atoms with E-state index < -0.39 is 0 Å². The molecule has 2 fully saturated rings. The van der Waals surface area contributed by atoms with Crippen LogP contribution in [0.1, 0.15) is 50.0 Å². The summed E-state index contributed by atoms with van der Waals surface area (Å²) in [7, 11) is 1.86. The van der Waals surface area contributed by atoms with E-state index in [0.717, 1.165) is 30.5 Å². The van der Waals surface area contributed by atoms with Crippen LogP contribution < -0.4 is 5.32 Å². The summed E-state index contributed by atoms with van der Waals surface area (Å²) < 4.78 is 5.25. The zero-order chi connectivity index (χ0) is 14.7. The second-order valence-corrected chi connectivity index (χ2v) is 6.57. The molecule has 1 spiro atoms. The van der Waals surface area contributed by atoms with E-state index >= 15 is 0 Å². The van der Waals surface area contributed by atoms with Crippen molar-refractivity contribution in [3.05, 3.63) is 17.5 Å². The maximum Gasteiger partial charge on any atom is 0.194 e. The third kappa shape index (κ3) is 3.22. The highest BCUT2D eigenvalue weighted by Gasteiger charge is 2.39. The third-order valence-electron chi connectivity index (χ3n) is 4.96. The van der Waals surface area contributed by atoms with Crippen LogP contribution in [0.3, 0.4) is 0 Å². The first kappa shape index (κ1) is 14.4. The topological polar surface area (TPSA) is 53.7 Å². The molecule has 1 aliphatic carbocycles. The largest absolute Gasteiger partial charge is 0.359 e. The Balaban J connectivity index is 1.57. The van der Waals surface area contributed by atoms with E-state index in [4.69, 9.17) is 4.52 Å². The van der Waals surface area contributed by atoms with Crippen molar-refractivity contribution in [3.8, 4) is 0 Å². The molecule has 116 valence electrons. The number of aliphatic imine (C=N–C) groups is 1. The first-order valence-electron chi connectivity index (χ1n) is 8.09. The van der Waals surface area contributed by atoms with E-state index in [1.165, 1.54) is 38.5 Å². The molecule has 1 saturated carbocycles. The van der Waals surface area contributed by atoms with Gasteiger partial charge in [0.15, 0.2) is 11.7 Å². The van der Waals surface area contributed by atoms with Crippen molar-refractivity contribution in [1.29, 1.82) is 0 Å². The Morgan fingerprint density at radius 3 is 2.86 bits per heavy atom. The van der Waals surface area contributed by atoms with Gasteiger partial charge in [0.05, 0.1) is 12.2 Å². The minimum absolute atomic E-state index is 0.554. The number of likely N-dealkylation sites (tertiary alicyclic amines) is 1. The van der Waals surface area contributed by atoms with Gasteiger partial charge in [0.2, 0.25) is 0 Å². The highest BCUT2D eigenvalue weighted by molar-refractivity contribution is 5.80. The molecule has 0 aromatic carbocycles. The maximum absolute atomic E-state index is 5.25. The summed E-state index contributed by atoms with van der Waals surface area (Å²) in [6.45, 7) is 4.86. The molecule has 1 N–H and O–H groups in total. The lowest BCUT2D eigenvalue weighted by atomic mass is 9.73. The number of nitrogens with zero attached hydrogens (tertiary/aromatic N) is 3. The van der Waals surface area contributed by atoms with E-state index in [-0.39, 0.29) is 0 Å². The second-order valence-electron chi connectivity index (χ2n) is 6.57. The Bertz CT molecular complexity index is 502. The molecule has 1 aromatic heterocycles. The normalized spacial score (nSPS) is 22.0. The van der Waals surface area contributed by atoms with E-state index in [0.29, 0.717) is 12.0 Å². The van der Waals surface area contributed by atoms with Crippen LogP contribution in [0.15, 0.2) is 15.6 Å². The number of aryl methyl sites for hydroxylation is 1. The minimum Gasteiger partial charge on any atom is -0.359 e. The zero-order valence-electron chi connectivity index (χ0n) is 13.2. The van der Waals surface area contributed by atoms with Crippen LogP contribution in [0.5, 0.6) is 0 Å². The van der Waals surface area contributed by atoms with Crippen molar-refractivity contribution >= 4 is 5.96 Å². The average Bonchev–Trinajstić information content (AvgIpc) is 3.08. The van der Waals surface area contributed by atoms with Gasteiger partial charge in [0, 0.05) is 26.2 Å². The first-order chi connectivity index (χ1) is 10.2. The van der Waals surface area contributed by atoms with Crippen molar-refractivity contribution < 1.29 is 4.52 Å². The van der Waals surface area contributed by atoms with Gasteiger partial charge in [-0.1, -0.05) is 24.4 Å². The molecule has 0 unspecified atom stereocenters. The number of hydrogen-bond acceptors (Lipinski definition) is 3. The fourth-order valence-electron chi connectivity index (χ4n) is 3.82. The maximum atomic E-state index is 5.25. The molecular weight excluding hydrogens is 264 g/mol. The molecule has 21 heavy (non-hydrogen) atoms. The first-order valence-corrected chi connectivity index (χ1v) is 8.09. The third-order valence-corrected chi connectivity index (χ3v) is 4.96. The fourth-order valence-corrected chi connectivity index (χ4v) is 3.82. The molecule has 0 bridgehead atoms. The van der Waals surface area contributed by atoms with Crippen LogP contribution in [0.4, 0.5) is 0 Å². The van der Waals surface area contributed by atoms with Gasteiger partial charge in [-0.25, -0.2) is 0 Å². The van der Waals surface area contributed by atoms with Gasteiger partial charge in [-0.15, -0.1) is 0 Å². The summed E-state index contributed by atoms with van der Waals surface area (Å²) in [5.41, 5.74) is 1.47. The lowest BCUT2D eigenvalue weighted by Crippen LogP contribution is -2.41. The molecule has 1 aromatic rings. The predicted molar refractivity (Wildman–Crippen MR) is 83.1 cm³/mol. The Hall–Kier alpha value is -1.52. The summed E-state index contributed by atoms with van der Waals surface area (Å²) >= 11 is 0. The van der Waals surface area contributed by atoms with Crippen molar-refractivity contribution in [3.63, 3.8) is 0 Å². The summed E-state index contributed by atoms with van der Waals surface area (Å²) in [5, 5.41) is 7.32. The van der Waals surface area contributed by atoms with Crippen LogP contribution in [0, 0.1) is 12.3 Å². The number of guanidine groups is 1. The monoisotopic (exact) mass is 290 g/mol. The second kappa shape index (κ2) is 6.08. The molecule has 1 saturated heterocycles. The van der Waals surface area contributed by atoms with E-state index in [9.17, 15) is 0 Å². The van der Waals surface area contributed by atoms with Crippen LogP contribution in [-0.4, -0.2) is 36.2 Å². The number of aromatic nitrogens is 1. The average molecular weight is 290 g/mol. The number of hydrogen-bond donors (Lipinski definition) is 1. The SMILES string of the molecule is CN=C(NCc1cc(C)no1)N1CCC2(CCCCC2)C1. The zero-order valence-corrected chi connectivity index (χ0v) is 13.2. The molecule has 0 amide bonds. The van der Waals surface area contributed by atoms with E-state index in [1.807, 2.05) is 20.0 Å². The highest BCUT2D eigenvalue weighted by Crippen LogP contribution is 2.43. The quantitative estimate of drug-likeness (QED) is 0.672. The molecule has 2 heterocycles. The standard InChI is InChI=1S/C16H26N4O/c1-13-10-14(21-19-13)11-18-15(17-2)20-9-8-16(12-20)6-4-3-5-7-16/h10H,3-9,11-12H2,1-2H3,(H,17,18). The van der Waals surface area contributed by atoms with Gasteiger partial charge < -0.3 is 14.7 Å². The van der Waals surface area contributed by atoms with Crippen LogP contribution in [0.25, 0.3) is 0 Å². The Morgan fingerprint density at radius 2 is 2.19 bits per heavy atom. The molecule has 0 atom stereocenters. The molecular formula is C16H26N4O. The van der Waals surface area contributed by atoms with Crippen LogP contribution in [0.2, 0.25) is 0 Å². The molecule has 3 rings (SSSR count). The van der Waals surface area contributed by atoms with Crippen molar-refractivity contribution in [2.75, 3.05) is 20.1 Å². The Labute approximate surface area is 126 Å². The molecule has 2 aliphatic rings. The predicted octanol–water partition coefficient (Wildman–Crippen LogP) is 2.71. The van der Waals surface area contributed by atoms with Crippen molar-refractivity contribution in [2.45, 2.75) is 52.0 Å². The van der Waals surface area contributed by atoms with Gasteiger partial charge >= 0.3 is 0 Å². The molecule has 5 heteroatoms. The summed E-state index contributed by atoms with van der Waals surface area (Å²) in [6, 6.07) is 1.97. The lowest BCUT2D eigenvalue weighted by Gasteiger charge is -2.33. The van der Waals surface area contributed by atoms with Crippen molar-refractivity contribution in [2.24, 2.45) is 10.4 Å². The van der Waals surface area contributed by atoms with Gasteiger partial charge in [0.1, 0.15) is 0 Å². The summed E-state index contributed by atoms with van der Waals surface area (Å²) in [4.78, 5) is 6.85. The minimum atomic E-state index is 0.554. The lowest BCUT2D eigenvalue weighted by molar-refractivity contribution is 0.203. The highest BCUT2D eigenvalue weighted by atomic mass is 16.5. The van der Waals surface area contributed by atoms with E-state index in [2.05, 4.69) is 20.4 Å². The van der Waals surface area contributed by atoms with Gasteiger partial charge in [-0.3, -0.25) is 4.99 Å². The Kier molecular flexibility index (Phi) is 4.17. The van der Waals surface area contributed by atoms with Gasteiger partial charge in [-0.2, -0.15) is 0 Å². The summed E-state index contributed by atoms with van der Waals surface area (Å²) in [6.07, 6.45) is 8.31. The molecule has 1 aliphatic heterocycles. The van der Waals surface area contributed by atoms with Crippen LogP contribution >= 0.6 is 0 Å². The molecule has 0 radical (unpaired) electrons. The van der Waals surface area contributed by atoms with Gasteiger partial charge in [-0.05, 0) is 31.6 Å². The Morgan fingerprint density at radius 1 is 1.38 bits per heavy atom. The van der Waals surface area contributed by atoms with Crippen molar-refractivity contribution in [1.82, 2.24) is 15.4 Å². The summed E-state index contributed by atoms with van der Waals surface area (Å²) in [5.74, 6) is 1.85. The smallest absolute Gasteiger partial charge is 0.194 e.